The maximum absolute atomic E-state index is 9.79. The molecule has 4 atom stereocenters. The first-order chi connectivity index (χ1) is 7.01. The van der Waals surface area contributed by atoms with Crippen LogP contribution in [0, 0.1) is 0 Å². The molecule has 0 aliphatic carbocycles. The van der Waals surface area contributed by atoms with E-state index in [0.29, 0.717) is 6.61 Å². The number of hydrogen-bond donors (Lipinski definition) is 4. The maximum atomic E-state index is 9.79. The summed E-state index contributed by atoms with van der Waals surface area (Å²) in [5, 5.41) is 37.8. The molecule has 6 nitrogen and oxygen atoms in total. The van der Waals surface area contributed by atoms with Crippen LogP contribution >= 0.6 is 0 Å². The zero-order valence-electron chi connectivity index (χ0n) is 8.67. The molecule has 0 aromatic heterocycles. The van der Waals surface area contributed by atoms with Crippen molar-refractivity contribution in [2.24, 2.45) is 0 Å². The third-order valence-corrected chi connectivity index (χ3v) is 2.34. The van der Waals surface area contributed by atoms with Gasteiger partial charge in [-0.3, -0.25) is 0 Å². The minimum Gasteiger partial charge on any atom is -0.388 e. The first-order valence-electron chi connectivity index (χ1n) is 4.99. The smallest absolute Gasteiger partial charge is 0.219 e. The van der Waals surface area contributed by atoms with Gasteiger partial charge in [-0.15, -0.1) is 0 Å². The Labute approximate surface area is 88.1 Å². The molecule has 4 N–H and O–H groups in total. The zero-order valence-corrected chi connectivity index (χ0v) is 8.67. The Bertz CT molecular complexity index is 199. The zero-order chi connectivity index (χ0) is 11.5. The second-order valence-corrected chi connectivity index (χ2v) is 3.71. The van der Waals surface area contributed by atoms with Crippen molar-refractivity contribution < 1.29 is 29.9 Å². The van der Waals surface area contributed by atoms with E-state index in [9.17, 15) is 15.3 Å². The van der Waals surface area contributed by atoms with Crippen LogP contribution in [-0.2, 0) is 9.47 Å². The third kappa shape index (κ3) is 2.87. The molecule has 0 aromatic carbocycles. The van der Waals surface area contributed by atoms with Crippen LogP contribution in [-0.4, -0.2) is 64.3 Å². The van der Waals surface area contributed by atoms with E-state index in [2.05, 4.69) is 0 Å². The summed E-state index contributed by atoms with van der Waals surface area (Å²) < 4.78 is 9.93. The minimum absolute atomic E-state index is 0.230. The Balaban J connectivity index is 2.51. The van der Waals surface area contributed by atoms with Gasteiger partial charge in [0.05, 0.1) is 6.61 Å². The molecule has 0 spiro atoms. The lowest BCUT2D eigenvalue weighted by molar-refractivity contribution is -0.335. The standard InChI is InChI=1S/C9H18O6/c1-2-3-14-5-9(13)8(12)7(11)6(10)4-15-9/h6-8,10-13H,2-5H2,1H3/t6-,7+,8+,9-/m1/s1. The van der Waals surface area contributed by atoms with Crippen molar-refractivity contribution in [1.29, 1.82) is 0 Å². The van der Waals surface area contributed by atoms with Crippen molar-refractivity contribution in [3.05, 3.63) is 0 Å². The molecule has 0 aromatic rings. The number of hydrogen-bond acceptors (Lipinski definition) is 6. The van der Waals surface area contributed by atoms with Crippen molar-refractivity contribution in [2.75, 3.05) is 19.8 Å². The van der Waals surface area contributed by atoms with Crippen molar-refractivity contribution in [3.63, 3.8) is 0 Å². The van der Waals surface area contributed by atoms with E-state index in [1.165, 1.54) is 0 Å². The molecule has 1 rings (SSSR count). The highest BCUT2D eigenvalue weighted by Crippen LogP contribution is 2.24. The van der Waals surface area contributed by atoms with Crippen LogP contribution in [0.3, 0.4) is 0 Å². The molecule has 1 saturated heterocycles. The first-order valence-corrected chi connectivity index (χ1v) is 4.99. The molecule has 1 fully saturated rings. The Morgan fingerprint density at radius 2 is 2.07 bits per heavy atom. The molecule has 90 valence electrons. The van der Waals surface area contributed by atoms with E-state index < -0.39 is 24.1 Å². The third-order valence-electron chi connectivity index (χ3n) is 2.34. The van der Waals surface area contributed by atoms with Gasteiger partial charge in [-0.2, -0.15) is 0 Å². The van der Waals surface area contributed by atoms with Gasteiger partial charge < -0.3 is 29.9 Å². The highest BCUT2D eigenvalue weighted by molar-refractivity contribution is 4.91. The van der Waals surface area contributed by atoms with Gasteiger partial charge in [0.2, 0.25) is 5.79 Å². The summed E-state index contributed by atoms with van der Waals surface area (Å²) in [4.78, 5) is 0. The SMILES string of the molecule is CCCOC[C@@]1(O)OC[C@@H](O)[C@H](O)[C@@H]1O. The number of aliphatic hydroxyl groups is 4. The summed E-state index contributed by atoms with van der Waals surface area (Å²) in [5.41, 5.74) is 0. The second-order valence-electron chi connectivity index (χ2n) is 3.71. The van der Waals surface area contributed by atoms with Gasteiger partial charge in [-0.05, 0) is 6.42 Å². The molecule has 1 aliphatic heterocycles. The molecule has 15 heavy (non-hydrogen) atoms. The monoisotopic (exact) mass is 222 g/mol. The molecule has 0 saturated carbocycles. The largest absolute Gasteiger partial charge is 0.388 e. The van der Waals surface area contributed by atoms with Crippen LogP contribution in [0.15, 0.2) is 0 Å². The van der Waals surface area contributed by atoms with E-state index in [1.54, 1.807) is 0 Å². The molecule has 1 heterocycles. The Morgan fingerprint density at radius 3 is 2.67 bits per heavy atom. The van der Waals surface area contributed by atoms with E-state index in [0.717, 1.165) is 6.42 Å². The van der Waals surface area contributed by atoms with E-state index in [-0.39, 0.29) is 13.2 Å². The summed E-state index contributed by atoms with van der Waals surface area (Å²) in [6.45, 7) is 1.87. The molecule has 1 aliphatic rings. The molecule has 0 amide bonds. The molecule has 0 bridgehead atoms. The van der Waals surface area contributed by atoms with Gasteiger partial charge in [0.25, 0.3) is 0 Å². The fourth-order valence-corrected chi connectivity index (χ4v) is 1.38. The Morgan fingerprint density at radius 1 is 1.40 bits per heavy atom. The molecule has 6 heteroatoms. The number of rotatable bonds is 4. The van der Waals surface area contributed by atoms with Gasteiger partial charge in [-0.25, -0.2) is 0 Å². The summed E-state index contributed by atoms with van der Waals surface area (Å²) in [5.74, 6) is -1.94. The summed E-state index contributed by atoms with van der Waals surface area (Å²) in [6, 6.07) is 0. The van der Waals surface area contributed by atoms with E-state index in [1.807, 2.05) is 6.92 Å². The predicted octanol–water partition coefficient (Wildman–Crippen LogP) is -1.79. The van der Waals surface area contributed by atoms with Crippen LogP contribution in [0.2, 0.25) is 0 Å². The number of aliphatic hydroxyl groups excluding tert-OH is 3. The first kappa shape index (κ1) is 12.8. The quantitative estimate of drug-likeness (QED) is 0.419. The van der Waals surface area contributed by atoms with Gasteiger partial charge in [0.15, 0.2) is 0 Å². The number of ether oxygens (including phenoxy) is 2. The van der Waals surface area contributed by atoms with Gasteiger partial charge in [-0.1, -0.05) is 6.92 Å². The van der Waals surface area contributed by atoms with Crippen LogP contribution in [0.25, 0.3) is 0 Å². The van der Waals surface area contributed by atoms with Crippen LogP contribution < -0.4 is 0 Å². The average molecular weight is 222 g/mol. The lowest BCUT2D eigenvalue weighted by atomic mass is 9.97. The Kier molecular flexibility index (Phi) is 4.45. The van der Waals surface area contributed by atoms with Gasteiger partial charge in [0.1, 0.15) is 24.9 Å². The van der Waals surface area contributed by atoms with Crippen LogP contribution in [0.5, 0.6) is 0 Å². The summed E-state index contributed by atoms with van der Waals surface area (Å²) >= 11 is 0. The molecule has 0 unspecified atom stereocenters. The lowest BCUT2D eigenvalue weighted by Gasteiger charge is -2.41. The highest BCUT2D eigenvalue weighted by atomic mass is 16.7. The van der Waals surface area contributed by atoms with Crippen LogP contribution in [0.1, 0.15) is 13.3 Å². The topological polar surface area (TPSA) is 99.4 Å². The molecular formula is C9H18O6. The normalized spacial score (nSPS) is 41.8. The van der Waals surface area contributed by atoms with Crippen molar-refractivity contribution in [3.8, 4) is 0 Å². The summed E-state index contributed by atoms with van der Waals surface area (Å²) in [7, 11) is 0. The fourth-order valence-electron chi connectivity index (χ4n) is 1.38. The average Bonchev–Trinajstić information content (AvgIpc) is 2.22. The highest BCUT2D eigenvalue weighted by Gasteiger charge is 2.48. The Hall–Kier alpha value is -0.240. The fraction of sp³-hybridized carbons (Fsp3) is 1.00. The summed E-state index contributed by atoms with van der Waals surface area (Å²) in [6.07, 6.45) is -3.41. The van der Waals surface area contributed by atoms with E-state index >= 15 is 0 Å². The second kappa shape index (κ2) is 5.20. The molecular weight excluding hydrogens is 204 g/mol. The minimum atomic E-state index is -1.94. The maximum Gasteiger partial charge on any atom is 0.219 e. The predicted molar refractivity (Wildman–Crippen MR) is 50.0 cm³/mol. The van der Waals surface area contributed by atoms with Crippen LogP contribution in [0.4, 0.5) is 0 Å². The van der Waals surface area contributed by atoms with Crippen molar-refractivity contribution in [2.45, 2.75) is 37.4 Å². The lowest BCUT2D eigenvalue weighted by Crippen LogP contribution is -2.62. The molecule has 0 radical (unpaired) electrons. The van der Waals surface area contributed by atoms with Crippen molar-refractivity contribution >= 4 is 0 Å². The van der Waals surface area contributed by atoms with E-state index in [4.69, 9.17) is 14.6 Å². The van der Waals surface area contributed by atoms with Crippen molar-refractivity contribution in [1.82, 2.24) is 0 Å². The van der Waals surface area contributed by atoms with Gasteiger partial charge >= 0.3 is 0 Å². The van der Waals surface area contributed by atoms with Gasteiger partial charge in [0, 0.05) is 6.61 Å².